The molecular weight excluding hydrogens is 404 g/mol. The Labute approximate surface area is 185 Å². The first-order chi connectivity index (χ1) is 15.5. The van der Waals surface area contributed by atoms with Crippen molar-refractivity contribution >= 4 is 34.3 Å². The van der Waals surface area contributed by atoms with Gasteiger partial charge < -0.3 is 16.0 Å². The third kappa shape index (κ3) is 4.75. The molecule has 32 heavy (non-hydrogen) atoms. The van der Waals surface area contributed by atoms with Gasteiger partial charge in [0.05, 0.1) is 11.6 Å². The molecule has 8 heteroatoms. The molecule has 0 radical (unpaired) electrons. The number of rotatable bonds is 6. The predicted octanol–water partition coefficient (Wildman–Crippen LogP) is 4.59. The fourth-order valence-corrected chi connectivity index (χ4v) is 3.38. The van der Waals surface area contributed by atoms with Crippen molar-refractivity contribution in [2.45, 2.75) is 26.4 Å². The minimum atomic E-state index is -0.319. The first-order valence-electron chi connectivity index (χ1n) is 10.4. The molecule has 1 aromatic heterocycles. The fourth-order valence-electron chi connectivity index (χ4n) is 3.38. The van der Waals surface area contributed by atoms with E-state index in [4.69, 9.17) is 0 Å². The highest BCUT2D eigenvalue weighted by atomic mass is 16.2. The Hall–Kier alpha value is -4.20. The zero-order valence-corrected chi connectivity index (χ0v) is 17.9. The van der Waals surface area contributed by atoms with Gasteiger partial charge in [0.15, 0.2) is 0 Å². The molecule has 0 saturated carbocycles. The molecule has 1 unspecified atom stereocenters. The van der Waals surface area contributed by atoms with Gasteiger partial charge in [-0.2, -0.15) is 0 Å². The fraction of sp³-hybridized carbons (Fsp3) is 0.167. The van der Waals surface area contributed by atoms with Crippen LogP contribution in [0.4, 0.5) is 16.2 Å². The number of anilines is 2. The number of nitrogens with one attached hydrogen (secondary N) is 3. The Morgan fingerprint density at radius 1 is 0.938 bits per heavy atom. The zero-order valence-electron chi connectivity index (χ0n) is 17.9. The largest absolute Gasteiger partial charge is 0.346 e. The number of hydrogen-bond acceptors (Lipinski definition) is 4. The Bertz CT molecular complexity index is 1230. The molecule has 4 rings (SSSR count). The molecule has 3 N–H and O–H groups in total. The lowest BCUT2D eigenvalue weighted by Crippen LogP contribution is -2.26. The van der Waals surface area contributed by atoms with Crippen LogP contribution in [-0.2, 0) is 6.54 Å². The summed E-state index contributed by atoms with van der Waals surface area (Å²) in [5.41, 5.74) is 4.42. The summed E-state index contributed by atoms with van der Waals surface area (Å²) in [6.45, 7) is 4.62. The number of carbonyl (C=O) groups is 2. The van der Waals surface area contributed by atoms with Crippen molar-refractivity contribution in [3.63, 3.8) is 0 Å². The lowest BCUT2D eigenvalue weighted by molar-refractivity contribution is 0.0940. The number of aromatic nitrogens is 3. The van der Waals surface area contributed by atoms with Crippen molar-refractivity contribution in [3.05, 3.63) is 83.9 Å². The van der Waals surface area contributed by atoms with E-state index in [1.165, 1.54) is 0 Å². The maximum Gasteiger partial charge on any atom is 0.323 e. The number of benzene rings is 3. The van der Waals surface area contributed by atoms with Gasteiger partial charge in [-0.3, -0.25) is 4.79 Å². The number of amides is 3. The molecule has 1 atom stereocenters. The molecule has 162 valence electrons. The van der Waals surface area contributed by atoms with Gasteiger partial charge in [0, 0.05) is 23.5 Å². The summed E-state index contributed by atoms with van der Waals surface area (Å²) in [4.78, 5) is 24.8. The van der Waals surface area contributed by atoms with Crippen molar-refractivity contribution < 1.29 is 9.59 Å². The minimum absolute atomic E-state index is 0.185. The van der Waals surface area contributed by atoms with Gasteiger partial charge in [-0.25, -0.2) is 9.48 Å². The second-order valence-electron chi connectivity index (χ2n) is 7.37. The number of aryl methyl sites for hydroxylation is 1. The first kappa shape index (κ1) is 21.0. The lowest BCUT2D eigenvalue weighted by Gasteiger charge is -2.15. The van der Waals surface area contributed by atoms with E-state index < -0.39 is 0 Å². The summed E-state index contributed by atoms with van der Waals surface area (Å²) in [5.74, 6) is -0.185. The smallest absolute Gasteiger partial charge is 0.323 e. The summed E-state index contributed by atoms with van der Waals surface area (Å²) in [5, 5.41) is 16.8. The molecule has 0 aliphatic carbocycles. The summed E-state index contributed by atoms with van der Waals surface area (Å²) < 4.78 is 1.79. The normalized spacial score (nSPS) is 11.7. The minimum Gasteiger partial charge on any atom is -0.346 e. The monoisotopic (exact) mass is 428 g/mol. The van der Waals surface area contributed by atoms with E-state index in [0.29, 0.717) is 22.5 Å². The van der Waals surface area contributed by atoms with E-state index >= 15 is 0 Å². The molecule has 0 bridgehead atoms. The van der Waals surface area contributed by atoms with Crippen molar-refractivity contribution in [2.24, 2.45) is 0 Å². The number of para-hydroxylation sites is 1. The van der Waals surface area contributed by atoms with Crippen molar-refractivity contribution in [1.29, 1.82) is 0 Å². The van der Waals surface area contributed by atoms with Gasteiger partial charge in [0.2, 0.25) is 0 Å². The molecule has 1 heterocycles. The van der Waals surface area contributed by atoms with Crippen LogP contribution >= 0.6 is 0 Å². The van der Waals surface area contributed by atoms with Crippen LogP contribution in [0.5, 0.6) is 0 Å². The maximum atomic E-state index is 12.7. The quantitative estimate of drug-likeness (QED) is 0.418. The van der Waals surface area contributed by atoms with Crippen LogP contribution in [0.25, 0.3) is 11.0 Å². The number of urea groups is 1. The molecular formula is C24H24N6O2. The van der Waals surface area contributed by atoms with E-state index in [0.717, 1.165) is 17.6 Å². The first-order valence-corrected chi connectivity index (χ1v) is 10.4. The molecule has 8 nitrogen and oxygen atoms in total. The molecule has 3 amide bonds. The average molecular weight is 428 g/mol. The van der Waals surface area contributed by atoms with Crippen molar-refractivity contribution in [3.8, 4) is 0 Å². The van der Waals surface area contributed by atoms with Crippen LogP contribution in [0.1, 0.15) is 35.8 Å². The van der Waals surface area contributed by atoms with Gasteiger partial charge in [-0.1, -0.05) is 35.5 Å². The second-order valence-corrected chi connectivity index (χ2v) is 7.37. The Morgan fingerprint density at radius 2 is 1.62 bits per heavy atom. The van der Waals surface area contributed by atoms with Crippen molar-refractivity contribution in [1.82, 2.24) is 20.3 Å². The van der Waals surface area contributed by atoms with Gasteiger partial charge in [0.25, 0.3) is 5.91 Å². The predicted molar refractivity (Wildman–Crippen MR) is 125 cm³/mol. The second kappa shape index (κ2) is 9.30. The van der Waals surface area contributed by atoms with E-state index in [2.05, 4.69) is 26.3 Å². The Balaban J connectivity index is 1.36. The van der Waals surface area contributed by atoms with Crippen molar-refractivity contribution in [2.75, 3.05) is 10.6 Å². The van der Waals surface area contributed by atoms with E-state index in [1.807, 2.05) is 62.4 Å². The Kier molecular flexibility index (Phi) is 6.12. The molecule has 0 aliphatic heterocycles. The standard InChI is InChI=1S/C24H24N6O2/c1-3-30-22-14-11-18(15-21(22)28-29-30)23(31)25-16(2)17-9-12-20(13-10-17)27-24(32)26-19-7-5-4-6-8-19/h4-16H,3H2,1-2H3,(H,25,31)(H2,26,27,32). The highest BCUT2D eigenvalue weighted by Gasteiger charge is 2.14. The maximum absolute atomic E-state index is 12.7. The highest BCUT2D eigenvalue weighted by molar-refractivity contribution is 6.00. The number of fused-ring (bicyclic) bond motifs is 1. The van der Waals surface area contributed by atoms with Gasteiger partial charge in [-0.05, 0) is 61.9 Å². The molecule has 3 aromatic carbocycles. The topological polar surface area (TPSA) is 101 Å². The van der Waals surface area contributed by atoms with E-state index in [-0.39, 0.29) is 18.0 Å². The summed E-state index contributed by atoms with van der Waals surface area (Å²) in [6, 6.07) is 21.4. The van der Waals surface area contributed by atoms with Crippen LogP contribution in [0.2, 0.25) is 0 Å². The van der Waals surface area contributed by atoms with Crippen LogP contribution in [0, 0.1) is 0 Å². The zero-order chi connectivity index (χ0) is 22.5. The molecule has 0 spiro atoms. The van der Waals surface area contributed by atoms with E-state index in [9.17, 15) is 9.59 Å². The third-order valence-electron chi connectivity index (χ3n) is 5.12. The lowest BCUT2D eigenvalue weighted by atomic mass is 10.1. The summed E-state index contributed by atoms with van der Waals surface area (Å²) >= 11 is 0. The molecule has 4 aromatic rings. The Morgan fingerprint density at radius 3 is 2.31 bits per heavy atom. The summed E-state index contributed by atoms with van der Waals surface area (Å²) in [6.07, 6.45) is 0. The SMILES string of the molecule is CCn1nnc2cc(C(=O)NC(C)c3ccc(NC(=O)Nc4ccccc4)cc3)ccc21. The molecule has 0 aliphatic rings. The molecule has 0 saturated heterocycles. The van der Waals surface area contributed by atoms with E-state index in [1.54, 1.807) is 28.9 Å². The molecule has 0 fully saturated rings. The third-order valence-corrected chi connectivity index (χ3v) is 5.12. The van der Waals surface area contributed by atoms with Crippen LogP contribution in [0.3, 0.4) is 0 Å². The van der Waals surface area contributed by atoms with Crippen LogP contribution in [-0.4, -0.2) is 26.9 Å². The van der Waals surface area contributed by atoms with Crippen LogP contribution < -0.4 is 16.0 Å². The van der Waals surface area contributed by atoms with Crippen LogP contribution in [0.15, 0.2) is 72.8 Å². The van der Waals surface area contributed by atoms with Gasteiger partial charge in [0.1, 0.15) is 5.52 Å². The number of hydrogen-bond donors (Lipinski definition) is 3. The van der Waals surface area contributed by atoms with Gasteiger partial charge >= 0.3 is 6.03 Å². The number of carbonyl (C=O) groups excluding carboxylic acids is 2. The number of nitrogens with zero attached hydrogens (tertiary/aromatic N) is 3. The average Bonchev–Trinajstić information content (AvgIpc) is 3.22. The highest BCUT2D eigenvalue weighted by Crippen LogP contribution is 2.18. The van der Waals surface area contributed by atoms with Gasteiger partial charge in [-0.15, -0.1) is 5.10 Å². The summed E-state index contributed by atoms with van der Waals surface area (Å²) in [7, 11) is 0.